The molecule has 0 spiro atoms. The van der Waals surface area contributed by atoms with Crippen LogP contribution in [0.5, 0.6) is 0 Å². The van der Waals surface area contributed by atoms with E-state index in [1.165, 1.54) is 12.5 Å². The average Bonchev–Trinajstić information content (AvgIpc) is 3.38. The van der Waals surface area contributed by atoms with Gasteiger partial charge in [-0.05, 0) is 42.0 Å². The second-order valence-corrected chi connectivity index (χ2v) is 7.06. The second-order valence-electron chi connectivity index (χ2n) is 6.12. The van der Waals surface area contributed by atoms with E-state index in [9.17, 15) is 4.79 Å². The van der Waals surface area contributed by atoms with Crippen molar-refractivity contribution in [3.63, 3.8) is 0 Å². The van der Waals surface area contributed by atoms with E-state index in [1.54, 1.807) is 24.3 Å². The van der Waals surface area contributed by atoms with Gasteiger partial charge in [-0.3, -0.25) is 9.36 Å². The highest BCUT2D eigenvalue weighted by atomic mass is 32.2. The monoisotopic (exact) mass is 390 g/mol. The molecule has 2 heterocycles. The molecule has 28 heavy (non-hydrogen) atoms. The molecule has 0 saturated heterocycles. The molecule has 140 valence electrons. The molecule has 8 heteroatoms. The van der Waals surface area contributed by atoms with Gasteiger partial charge in [0.05, 0.1) is 11.4 Å². The van der Waals surface area contributed by atoms with Crippen LogP contribution < -0.4 is 5.32 Å². The standard InChI is InChI=1S/C20H18N6OS/c1-15(27)23-17-4-2-5-19(12-17)25-14-21-24-20(25)28-13-16-6-8-18(9-7-16)26-11-3-10-22-26/h2-12,14H,13H2,1H3,(H,23,27). The molecule has 0 radical (unpaired) electrons. The molecule has 0 fully saturated rings. The van der Waals surface area contributed by atoms with Gasteiger partial charge in [0.25, 0.3) is 0 Å². The van der Waals surface area contributed by atoms with Crippen molar-refractivity contribution in [3.05, 3.63) is 78.9 Å². The number of aromatic nitrogens is 5. The first-order valence-corrected chi connectivity index (χ1v) is 9.67. The molecule has 0 atom stereocenters. The second kappa shape index (κ2) is 8.10. The zero-order chi connectivity index (χ0) is 19.3. The van der Waals surface area contributed by atoms with Crippen molar-refractivity contribution in [2.45, 2.75) is 17.8 Å². The van der Waals surface area contributed by atoms with E-state index >= 15 is 0 Å². The van der Waals surface area contributed by atoms with Gasteiger partial charge in [0.1, 0.15) is 6.33 Å². The Hall–Kier alpha value is -3.39. The molecule has 0 saturated carbocycles. The summed E-state index contributed by atoms with van der Waals surface area (Å²) in [7, 11) is 0. The Balaban J connectivity index is 1.47. The summed E-state index contributed by atoms with van der Waals surface area (Å²) in [6, 6.07) is 17.8. The van der Waals surface area contributed by atoms with Gasteiger partial charge in [0, 0.05) is 30.8 Å². The predicted octanol–water partition coefficient (Wildman–Crippen LogP) is 3.70. The minimum Gasteiger partial charge on any atom is -0.326 e. The maximum Gasteiger partial charge on any atom is 0.221 e. The number of nitrogens with one attached hydrogen (secondary N) is 1. The van der Waals surface area contributed by atoms with E-state index in [1.807, 2.05) is 57.9 Å². The van der Waals surface area contributed by atoms with E-state index in [0.29, 0.717) is 0 Å². The number of nitrogens with zero attached hydrogens (tertiary/aromatic N) is 5. The molecule has 0 unspecified atom stereocenters. The van der Waals surface area contributed by atoms with Crippen molar-refractivity contribution in [2.24, 2.45) is 0 Å². The van der Waals surface area contributed by atoms with Gasteiger partial charge in [0.15, 0.2) is 5.16 Å². The lowest BCUT2D eigenvalue weighted by Crippen LogP contribution is -2.06. The smallest absolute Gasteiger partial charge is 0.221 e. The topological polar surface area (TPSA) is 77.6 Å². The number of benzene rings is 2. The van der Waals surface area contributed by atoms with Crippen LogP contribution in [0.1, 0.15) is 12.5 Å². The largest absolute Gasteiger partial charge is 0.326 e. The highest BCUT2D eigenvalue weighted by Crippen LogP contribution is 2.25. The summed E-state index contributed by atoms with van der Waals surface area (Å²) in [5.74, 6) is 0.665. The molecule has 0 bridgehead atoms. The minimum atomic E-state index is -0.103. The Morgan fingerprint density at radius 1 is 1.11 bits per heavy atom. The summed E-state index contributed by atoms with van der Waals surface area (Å²) in [5, 5.41) is 16.1. The van der Waals surface area contributed by atoms with Crippen LogP contribution in [0.4, 0.5) is 5.69 Å². The van der Waals surface area contributed by atoms with Crippen molar-refractivity contribution in [1.29, 1.82) is 0 Å². The van der Waals surface area contributed by atoms with Crippen LogP contribution in [-0.2, 0) is 10.5 Å². The van der Waals surface area contributed by atoms with Crippen LogP contribution in [-0.4, -0.2) is 30.5 Å². The van der Waals surface area contributed by atoms with Crippen molar-refractivity contribution in [1.82, 2.24) is 24.5 Å². The molecule has 4 aromatic rings. The third-order valence-corrected chi connectivity index (χ3v) is 5.05. The quantitative estimate of drug-likeness (QED) is 0.508. The van der Waals surface area contributed by atoms with E-state index in [2.05, 4.69) is 32.7 Å². The number of hydrogen-bond donors (Lipinski definition) is 1. The van der Waals surface area contributed by atoms with E-state index in [4.69, 9.17) is 0 Å². The molecule has 7 nitrogen and oxygen atoms in total. The molecular formula is C20H18N6OS. The summed E-state index contributed by atoms with van der Waals surface area (Å²) in [6.45, 7) is 1.49. The maximum absolute atomic E-state index is 11.3. The van der Waals surface area contributed by atoms with Gasteiger partial charge in [0.2, 0.25) is 5.91 Å². The van der Waals surface area contributed by atoms with E-state index in [0.717, 1.165) is 28.0 Å². The van der Waals surface area contributed by atoms with Crippen LogP contribution in [0, 0.1) is 0 Å². The van der Waals surface area contributed by atoms with Gasteiger partial charge >= 0.3 is 0 Å². The van der Waals surface area contributed by atoms with Gasteiger partial charge in [-0.2, -0.15) is 5.10 Å². The zero-order valence-corrected chi connectivity index (χ0v) is 16.0. The Bertz CT molecular complexity index is 1070. The average molecular weight is 390 g/mol. The van der Waals surface area contributed by atoms with Gasteiger partial charge in [-0.25, -0.2) is 4.68 Å². The Labute approximate surface area is 166 Å². The molecule has 0 aliphatic carbocycles. The third kappa shape index (κ3) is 4.12. The fourth-order valence-electron chi connectivity index (χ4n) is 2.75. The lowest BCUT2D eigenvalue weighted by molar-refractivity contribution is -0.114. The van der Waals surface area contributed by atoms with Crippen LogP contribution in [0.3, 0.4) is 0 Å². The molecule has 2 aromatic carbocycles. The first kappa shape index (κ1) is 18.0. The van der Waals surface area contributed by atoms with Crippen molar-refractivity contribution < 1.29 is 4.79 Å². The summed E-state index contributed by atoms with van der Waals surface area (Å²) in [4.78, 5) is 11.3. The Morgan fingerprint density at radius 2 is 1.96 bits per heavy atom. The van der Waals surface area contributed by atoms with Crippen LogP contribution in [0.25, 0.3) is 11.4 Å². The van der Waals surface area contributed by atoms with Crippen molar-refractivity contribution in [3.8, 4) is 11.4 Å². The number of carbonyl (C=O) groups excluding carboxylic acids is 1. The maximum atomic E-state index is 11.3. The molecule has 0 aliphatic rings. The Morgan fingerprint density at radius 3 is 2.71 bits per heavy atom. The van der Waals surface area contributed by atoms with E-state index < -0.39 is 0 Å². The number of rotatable bonds is 6. The zero-order valence-electron chi connectivity index (χ0n) is 15.2. The minimum absolute atomic E-state index is 0.103. The number of hydrogen-bond acceptors (Lipinski definition) is 5. The fraction of sp³-hybridized carbons (Fsp3) is 0.100. The summed E-state index contributed by atoms with van der Waals surface area (Å²) in [5.41, 5.74) is 3.84. The van der Waals surface area contributed by atoms with Crippen molar-refractivity contribution >= 4 is 23.4 Å². The van der Waals surface area contributed by atoms with Gasteiger partial charge in [-0.1, -0.05) is 30.0 Å². The number of anilines is 1. The third-order valence-electron chi connectivity index (χ3n) is 4.03. The van der Waals surface area contributed by atoms with Crippen LogP contribution in [0.15, 0.2) is 78.5 Å². The van der Waals surface area contributed by atoms with Gasteiger partial charge < -0.3 is 5.32 Å². The highest BCUT2D eigenvalue weighted by Gasteiger charge is 2.09. The number of thioether (sulfide) groups is 1. The molecule has 0 aliphatic heterocycles. The van der Waals surface area contributed by atoms with Crippen LogP contribution >= 0.6 is 11.8 Å². The molecule has 4 rings (SSSR count). The van der Waals surface area contributed by atoms with Gasteiger partial charge in [-0.15, -0.1) is 10.2 Å². The fourth-order valence-corrected chi connectivity index (χ4v) is 3.64. The molecule has 1 amide bonds. The van der Waals surface area contributed by atoms with Crippen molar-refractivity contribution in [2.75, 3.05) is 5.32 Å². The van der Waals surface area contributed by atoms with Crippen LogP contribution in [0.2, 0.25) is 0 Å². The molecule has 1 N–H and O–H groups in total. The first-order chi connectivity index (χ1) is 13.7. The number of amides is 1. The number of carbonyl (C=O) groups is 1. The van der Waals surface area contributed by atoms with E-state index in [-0.39, 0.29) is 5.91 Å². The summed E-state index contributed by atoms with van der Waals surface area (Å²) < 4.78 is 3.74. The highest BCUT2D eigenvalue weighted by molar-refractivity contribution is 7.98. The summed E-state index contributed by atoms with van der Waals surface area (Å²) >= 11 is 1.60. The normalized spacial score (nSPS) is 10.8. The first-order valence-electron chi connectivity index (χ1n) is 8.69. The SMILES string of the molecule is CC(=O)Nc1cccc(-n2cnnc2SCc2ccc(-n3cccn3)cc2)c1. The lowest BCUT2D eigenvalue weighted by Gasteiger charge is -2.09. The lowest BCUT2D eigenvalue weighted by atomic mass is 10.2. The molecular weight excluding hydrogens is 372 g/mol. The summed E-state index contributed by atoms with van der Waals surface area (Å²) in [6.07, 6.45) is 5.36. The molecule has 2 aromatic heterocycles. The Kier molecular flexibility index (Phi) is 5.20. The predicted molar refractivity (Wildman–Crippen MR) is 109 cm³/mol.